The minimum Gasteiger partial charge on any atom is -0.393 e. The number of nitrogens with zero attached hydrogens (tertiary/aromatic N) is 1. The molecule has 0 bridgehead atoms. The molecule has 1 atom stereocenters. The average molecular weight is 282 g/mol. The van der Waals surface area contributed by atoms with Crippen LogP contribution < -0.4 is 5.32 Å². The fraction of sp³-hybridized carbons (Fsp3) is 0.938. The van der Waals surface area contributed by atoms with Crippen molar-refractivity contribution in [2.24, 2.45) is 5.92 Å². The molecule has 2 aliphatic rings. The summed E-state index contributed by atoms with van der Waals surface area (Å²) in [6.45, 7) is 3.43. The zero-order valence-electron chi connectivity index (χ0n) is 12.8. The maximum atomic E-state index is 12.3. The van der Waals surface area contributed by atoms with E-state index >= 15 is 0 Å². The van der Waals surface area contributed by atoms with Crippen molar-refractivity contribution in [3.8, 4) is 0 Å². The Hall–Kier alpha value is -0.770. The van der Waals surface area contributed by atoms with Crippen molar-refractivity contribution in [1.29, 1.82) is 0 Å². The Bertz CT molecular complexity index is 291. The predicted octanol–water partition coefficient (Wildman–Crippen LogP) is 2.90. The molecular weight excluding hydrogens is 252 g/mol. The smallest absolute Gasteiger partial charge is 0.317 e. The molecule has 0 aromatic rings. The summed E-state index contributed by atoms with van der Waals surface area (Å²) in [5.74, 6) is 0.362. The van der Waals surface area contributed by atoms with Crippen LogP contribution in [0, 0.1) is 5.92 Å². The highest BCUT2D eigenvalue weighted by Crippen LogP contribution is 2.21. The van der Waals surface area contributed by atoms with E-state index in [4.69, 9.17) is 0 Å². The molecule has 0 aromatic carbocycles. The third-order valence-corrected chi connectivity index (χ3v) is 4.94. The van der Waals surface area contributed by atoms with Gasteiger partial charge in [0.1, 0.15) is 0 Å². The molecule has 1 saturated carbocycles. The van der Waals surface area contributed by atoms with Crippen LogP contribution >= 0.6 is 0 Å². The third-order valence-electron chi connectivity index (χ3n) is 4.94. The molecule has 2 rings (SSSR count). The molecule has 4 heteroatoms. The standard InChI is InChI=1S/C16H30N2O2/c1-13(19)14-9-11-18(12-10-14)16(20)17-15-7-5-3-2-4-6-8-15/h13-15,19H,2-12H2,1H3,(H,17,20). The second kappa shape index (κ2) is 7.87. The molecule has 0 radical (unpaired) electrons. The Kier molecular flexibility index (Phi) is 6.14. The average Bonchev–Trinajstić information content (AvgIpc) is 2.41. The number of piperidine rings is 1. The third kappa shape index (κ3) is 4.65. The van der Waals surface area contributed by atoms with E-state index in [1.165, 1.54) is 32.1 Å². The Balaban J connectivity index is 1.74. The quantitative estimate of drug-likeness (QED) is 0.818. The number of rotatable bonds is 2. The molecule has 1 aliphatic heterocycles. The molecule has 2 fully saturated rings. The number of carbonyl (C=O) groups is 1. The number of nitrogens with one attached hydrogen (secondary N) is 1. The summed E-state index contributed by atoms with van der Waals surface area (Å²) >= 11 is 0. The number of amides is 2. The first-order chi connectivity index (χ1) is 9.66. The van der Waals surface area contributed by atoms with E-state index in [1.807, 2.05) is 11.8 Å². The van der Waals surface area contributed by atoms with Gasteiger partial charge in [-0.2, -0.15) is 0 Å². The first-order valence-corrected chi connectivity index (χ1v) is 8.40. The lowest BCUT2D eigenvalue weighted by atomic mass is 9.92. The molecule has 1 heterocycles. The highest BCUT2D eigenvalue weighted by atomic mass is 16.3. The van der Waals surface area contributed by atoms with E-state index in [-0.39, 0.29) is 12.1 Å². The lowest BCUT2D eigenvalue weighted by Crippen LogP contribution is -2.48. The Labute approximate surface area is 122 Å². The van der Waals surface area contributed by atoms with Gasteiger partial charge in [0.15, 0.2) is 0 Å². The lowest BCUT2D eigenvalue weighted by Gasteiger charge is -2.34. The van der Waals surface area contributed by atoms with Gasteiger partial charge in [0.05, 0.1) is 6.10 Å². The van der Waals surface area contributed by atoms with Gasteiger partial charge in [0.2, 0.25) is 0 Å². The molecule has 1 saturated heterocycles. The SMILES string of the molecule is CC(O)C1CCN(C(=O)NC2CCCCCCC2)CC1. The largest absolute Gasteiger partial charge is 0.393 e. The second-order valence-electron chi connectivity index (χ2n) is 6.56. The van der Waals surface area contributed by atoms with Crippen molar-refractivity contribution in [2.75, 3.05) is 13.1 Å². The molecule has 0 aromatic heterocycles. The van der Waals surface area contributed by atoms with Crippen LogP contribution in [-0.4, -0.2) is 41.3 Å². The minimum absolute atomic E-state index is 0.111. The molecular formula is C16H30N2O2. The summed E-state index contributed by atoms with van der Waals surface area (Å²) in [7, 11) is 0. The van der Waals surface area contributed by atoms with E-state index in [0.717, 1.165) is 38.8 Å². The van der Waals surface area contributed by atoms with Crippen LogP contribution in [0.2, 0.25) is 0 Å². The van der Waals surface area contributed by atoms with Crippen molar-refractivity contribution in [2.45, 2.75) is 76.9 Å². The van der Waals surface area contributed by atoms with Crippen LogP contribution in [0.15, 0.2) is 0 Å². The minimum atomic E-state index is -0.245. The second-order valence-corrected chi connectivity index (χ2v) is 6.56. The number of aliphatic hydroxyl groups is 1. The van der Waals surface area contributed by atoms with E-state index in [0.29, 0.717) is 12.0 Å². The number of likely N-dealkylation sites (tertiary alicyclic amines) is 1. The van der Waals surface area contributed by atoms with Crippen molar-refractivity contribution in [3.63, 3.8) is 0 Å². The predicted molar refractivity (Wildman–Crippen MR) is 80.6 cm³/mol. The van der Waals surface area contributed by atoms with E-state index in [2.05, 4.69) is 5.32 Å². The fourth-order valence-electron chi connectivity index (χ4n) is 3.45. The number of aliphatic hydroxyl groups excluding tert-OH is 1. The molecule has 1 unspecified atom stereocenters. The van der Waals surface area contributed by atoms with Gasteiger partial charge in [-0.25, -0.2) is 4.79 Å². The van der Waals surface area contributed by atoms with Gasteiger partial charge in [-0.3, -0.25) is 0 Å². The Morgan fingerprint density at radius 1 is 1.05 bits per heavy atom. The monoisotopic (exact) mass is 282 g/mol. The van der Waals surface area contributed by atoms with Crippen molar-refractivity contribution in [3.05, 3.63) is 0 Å². The normalized spacial score (nSPS) is 24.8. The van der Waals surface area contributed by atoms with E-state index in [1.54, 1.807) is 0 Å². The highest BCUT2D eigenvalue weighted by molar-refractivity contribution is 5.74. The topological polar surface area (TPSA) is 52.6 Å². The zero-order chi connectivity index (χ0) is 14.4. The number of hydrogen-bond donors (Lipinski definition) is 2. The highest BCUT2D eigenvalue weighted by Gasteiger charge is 2.26. The van der Waals surface area contributed by atoms with Gasteiger partial charge >= 0.3 is 6.03 Å². The zero-order valence-corrected chi connectivity index (χ0v) is 12.8. The molecule has 1 aliphatic carbocycles. The van der Waals surface area contributed by atoms with Crippen LogP contribution in [0.4, 0.5) is 4.79 Å². The van der Waals surface area contributed by atoms with E-state index < -0.39 is 0 Å². The Morgan fingerprint density at radius 2 is 1.60 bits per heavy atom. The van der Waals surface area contributed by atoms with Gasteiger partial charge in [-0.05, 0) is 38.5 Å². The van der Waals surface area contributed by atoms with E-state index in [9.17, 15) is 9.90 Å². The molecule has 2 amide bonds. The summed E-state index contributed by atoms with van der Waals surface area (Å²) in [5.41, 5.74) is 0. The van der Waals surface area contributed by atoms with Gasteiger partial charge in [0, 0.05) is 19.1 Å². The van der Waals surface area contributed by atoms with Crippen molar-refractivity contribution >= 4 is 6.03 Å². The maximum Gasteiger partial charge on any atom is 0.317 e. The lowest BCUT2D eigenvalue weighted by molar-refractivity contribution is 0.0791. The molecule has 0 spiro atoms. The van der Waals surface area contributed by atoms with Crippen molar-refractivity contribution < 1.29 is 9.90 Å². The molecule has 4 nitrogen and oxygen atoms in total. The summed E-state index contributed by atoms with van der Waals surface area (Å²) < 4.78 is 0. The van der Waals surface area contributed by atoms with Gasteiger partial charge in [0.25, 0.3) is 0 Å². The maximum absolute atomic E-state index is 12.3. The van der Waals surface area contributed by atoms with Crippen LogP contribution in [0.1, 0.15) is 64.7 Å². The molecule has 20 heavy (non-hydrogen) atoms. The molecule has 2 N–H and O–H groups in total. The van der Waals surface area contributed by atoms with Crippen LogP contribution in [0.3, 0.4) is 0 Å². The fourth-order valence-corrected chi connectivity index (χ4v) is 3.45. The summed E-state index contributed by atoms with van der Waals surface area (Å²) in [6, 6.07) is 0.483. The first kappa shape index (κ1) is 15.6. The van der Waals surface area contributed by atoms with Gasteiger partial charge in [-0.15, -0.1) is 0 Å². The van der Waals surface area contributed by atoms with Crippen LogP contribution in [0.25, 0.3) is 0 Å². The molecule has 116 valence electrons. The van der Waals surface area contributed by atoms with Gasteiger partial charge < -0.3 is 15.3 Å². The Morgan fingerprint density at radius 3 is 2.15 bits per heavy atom. The number of carbonyl (C=O) groups excluding carboxylic acids is 1. The summed E-state index contributed by atoms with van der Waals surface area (Å²) in [5, 5.41) is 12.8. The van der Waals surface area contributed by atoms with Crippen LogP contribution in [0.5, 0.6) is 0 Å². The number of urea groups is 1. The number of hydrogen-bond acceptors (Lipinski definition) is 2. The van der Waals surface area contributed by atoms with Crippen molar-refractivity contribution in [1.82, 2.24) is 10.2 Å². The first-order valence-electron chi connectivity index (χ1n) is 8.40. The summed E-state index contributed by atoms with van der Waals surface area (Å²) in [4.78, 5) is 14.2. The van der Waals surface area contributed by atoms with Crippen LogP contribution in [-0.2, 0) is 0 Å². The summed E-state index contributed by atoms with van der Waals surface area (Å²) in [6.07, 6.45) is 10.3. The van der Waals surface area contributed by atoms with Gasteiger partial charge in [-0.1, -0.05) is 32.1 Å².